The monoisotopic (exact) mass is 444 g/mol. The van der Waals surface area contributed by atoms with Gasteiger partial charge in [0.15, 0.2) is 11.5 Å². The number of allylic oxidation sites excluding steroid dienone is 2. The third kappa shape index (κ3) is 4.08. The summed E-state index contributed by atoms with van der Waals surface area (Å²) in [5.74, 6) is 1.81. The Labute approximate surface area is 191 Å². The molecule has 1 amide bonds. The number of aliphatic hydroxyl groups is 1. The zero-order valence-corrected chi connectivity index (χ0v) is 18.1. The maximum Gasteiger partial charge on any atom is 0.253 e. The van der Waals surface area contributed by atoms with Crippen LogP contribution in [-0.2, 0) is 0 Å². The minimum absolute atomic E-state index is 0.224. The summed E-state index contributed by atoms with van der Waals surface area (Å²) >= 11 is 0. The van der Waals surface area contributed by atoms with Gasteiger partial charge in [0.2, 0.25) is 6.79 Å². The molecule has 3 heterocycles. The first-order valence-corrected chi connectivity index (χ1v) is 10.7. The number of hydrogen-bond donors (Lipinski definition) is 3. The summed E-state index contributed by atoms with van der Waals surface area (Å²) < 4.78 is 12.6. The molecular formula is C25H24N4O4. The Kier molecular flexibility index (Phi) is 5.35. The van der Waals surface area contributed by atoms with Gasteiger partial charge in [0, 0.05) is 36.4 Å². The molecule has 0 saturated carbocycles. The average Bonchev–Trinajstić information content (AvgIpc) is 3.50. The number of ether oxygens (including phenoxy) is 2. The Hall–Kier alpha value is -4.04. The van der Waals surface area contributed by atoms with Crippen LogP contribution in [0.1, 0.15) is 23.7 Å². The summed E-state index contributed by atoms with van der Waals surface area (Å²) in [7, 11) is 0. The van der Waals surface area contributed by atoms with E-state index >= 15 is 0 Å². The lowest BCUT2D eigenvalue weighted by Crippen LogP contribution is -2.55. The van der Waals surface area contributed by atoms with Crippen LogP contribution in [0.5, 0.6) is 11.5 Å². The van der Waals surface area contributed by atoms with Crippen LogP contribution in [0.2, 0.25) is 0 Å². The van der Waals surface area contributed by atoms with Crippen LogP contribution >= 0.6 is 0 Å². The molecule has 0 spiro atoms. The summed E-state index contributed by atoms with van der Waals surface area (Å²) in [6, 6.07) is 11.1. The minimum atomic E-state index is -0.813. The molecule has 5 rings (SSSR count). The Morgan fingerprint density at radius 1 is 1.21 bits per heavy atom. The molecule has 0 bridgehead atoms. The average molecular weight is 444 g/mol. The number of benzene rings is 1. The fourth-order valence-electron chi connectivity index (χ4n) is 3.94. The largest absolute Gasteiger partial charge is 0.454 e. The van der Waals surface area contributed by atoms with Gasteiger partial charge in [-0.05, 0) is 30.7 Å². The quantitative estimate of drug-likeness (QED) is 0.536. The van der Waals surface area contributed by atoms with Gasteiger partial charge < -0.3 is 29.8 Å². The smallest absolute Gasteiger partial charge is 0.253 e. The second-order valence-corrected chi connectivity index (χ2v) is 7.94. The molecule has 0 fully saturated rings. The van der Waals surface area contributed by atoms with E-state index in [1.54, 1.807) is 30.6 Å². The third-order valence-corrected chi connectivity index (χ3v) is 5.90. The number of amides is 1. The lowest BCUT2D eigenvalue weighted by molar-refractivity contribution is 0.0789. The van der Waals surface area contributed by atoms with Crippen LogP contribution in [0.25, 0.3) is 5.69 Å². The van der Waals surface area contributed by atoms with Crippen LogP contribution in [0.4, 0.5) is 11.5 Å². The molecule has 8 heteroatoms. The van der Waals surface area contributed by atoms with Crippen molar-refractivity contribution in [3.05, 3.63) is 84.9 Å². The summed E-state index contributed by atoms with van der Waals surface area (Å²) in [5.41, 5.74) is 1.36. The molecule has 3 aromatic rings. The Bertz CT molecular complexity index is 1250. The summed E-state index contributed by atoms with van der Waals surface area (Å²) in [4.78, 5) is 17.3. The SMILES string of the molecule is CCC1(NC(=O)c2ccn(-c3ccnc(Nc4ccc5c(c4)OCO5)c3)c2)C=CC=CC1O. The van der Waals surface area contributed by atoms with Crippen molar-refractivity contribution in [3.8, 4) is 17.2 Å². The highest BCUT2D eigenvalue weighted by molar-refractivity contribution is 5.95. The molecule has 0 saturated heterocycles. The number of carbonyl (C=O) groups excluding carboxylic acids is 1. The number of rotatable bonds is 6. The number of nitrogens with one attached hydrogen (secondary N) is 2. The summed E-state index contributed by atoms with van der Waals surface area (Å²) in [6.07, 6.45) is 12.2. The van der Waals surface area contributed by atoms with Crippen LogP contribution < -0.4 is 20.1 Å². The topological polar surface area (TPSA) is 97.6 Å². The molecule has 33 heavy (non-hydrogen) atoms. The molecule has 2 atom stereocenters. The zero-order valence-electron chi connectivity index (χ0n) is 18.1. The van der Waals surface area contributed by atoms with Crippen LogP contribution in [0.3, 0.4) is 0 Å². The van der Waals surface area contributed by atoms with Crippen LogP contribution in [-0.4, -0.2) is 39.0 Å². The number of nitrogens with zero attached hydrogens (tertiary/aromatic N) is 2. The first kappa shape index (κ1) is 20.8. The van der Waals surface area contributed by atoms with E-state index in [0.717, 1.165) is 17.1 Å². The molecule has 1 aliphatic carbocycles. The maximum atomic E-state index is 12.9. The van der Waals surface area contributed by atoms with Gasteiger partial charge in [0.25, 0.3) is 5.91 Å². The highest BCUT2D eigenvalue weighted by atomic mass is 16.7. The van der Waals surface area contributed by atoms with E-state index in [1.165, 1.54) is 0 Å². The van der Waals surface area contributed by atoms with Crippen molar-refractivity contribution >= 4 is 17.4 Å². The number of carbonyl (C=O) groups is 1. The van der Waals surface area contributed by atoms with Crippen molar-refractivity contribution in [2.24, 2.45) is 0 Å². The molecular weight excluding hydrogens is 420 g/mol. The van der Waals surface area contributed by atoms with E-state index in [0.29, 0.717) is 23.6 Å². The third-order valence-electron chi connectivity index (χ3n) is 5.90. The molecule has 2 aliphatic rings. The van der Waals surface area contributed by atoms with E-state index in [1.807, 2.05) is 60.2 Å². The normalized spacial score (nSPS) is 20.6. The Balaban J connectivity index is 1.32. The van der Waals surface area contributed by atoms with Crippen molar-refractivity contribution in [1.29, 1.82) is 0 Å². The molecule has 1 aromatic carbocycles. The predicted octanol–water partition coefficient (Wildman–Crippen LogP) is 3.71. The van der Waals surface area contributed by atoms with E-state index < -0.39 is 11.6 Å². The van der Waals surface area contributed by atoms with Crippen molar-refractivity contribution in [2.45, 2.75) is 25.0 Å². The highest BCUT2D eigenvalue weighted by Gasteiger charge is 2.35. The van der Waals surface area contributed by atoms with E-state index in [-0.39, 0.29) is 12.7 Å². The number of pyridine rings is 1. The molecule has 8 nitrogen and oxygen atoms in total. The lowest BCUT2D eigenvalue weighted by atomic mass is 9.85. The second-order valence-electron chi connectivity index (χ2n) is 7.94. The molecule has 1 aliphatic heterocycles. The molecule has 2 unspecified atom stereocenters. The van der Waals surface area contributed by atoms with Gasteiger partial charge in [-0.3, -0.25) is 4.79 Å². The van der Waals surface area contributed by atoms with Crippen LogP contribution in [0.15, 0.2) is 79.3 Å². The van der Waals surface area contributed by atoms with Crippen molar-refractivity contribution in [3.63, 3.8) is 0 Å². The van der Waals surface area contributed by atoms with Gasteiger partial charge in [-0.1, -0.05) is 31.2 Å². The minimum Gasteiger partial charge on any atom is -0.454 e. The molecule has 0 radical (unpaired) electrons. The van der Waals surface area contributed by atoms with Gasteiger partial charge in [0.1, 0.15) is 5.82 Å². The van der Waals surface area contributed by atoms with E-state index in [9.17, 15) is 9.90 Å². The fourth-order valence-corrected chi connectivity index (χ4v) is 3.94. The Morgan fingerprint density at radius 3 is 2.94 bits per heavy atom. The molecule has 168 valence electrons. The standard InChI is InChI=1S/C25H24N4O4/c1-2-25(10-4-3-5-22(25)30)28-24(31)17-9-12-29(15-17)19-8-11-26-23(14-19)27-18-6-7-20-21(13-18)33-16-32-20/h3-15,22,30H,2,16H2,1H3,(H,26,27)(H,28,31). The van der Waals surface area contributed by atoms with Crippen LogP contribution in [0, 0.1) is 0 Å². The van der Waals surface area contributed by atoms with Crippen molar-refractivity contribution in [1.82, 2.24) is 14.9 Å². The van der Waals surface area contributed by atoms with Gasteiger partial charge in [-0.25, -0.2) is 4.98 Å². The number of fused-ring (bicyclic) bond motifs is 1. The van der Waals surface area contributed by atoms with E-state index in [2.05, 4.69) is 15.6 Å². The first-order valence-electron chi connectivity index (χ1n) is 10.7. The second kappa shape index (κ2) is 8.48. The fraction of sp³-hybridized carbons (Fsp3) is 0.200. The van der Waals surface area contributed by atoms with Gasteiger partial charge in [0.05, 0.1) is 22.9 Å². The predicted molar refractivity (Wildman–Crippen MR) is 124 cm³/mol. The van der Waals surface area contributed by atoms with E-state index in [4.69, 9.17) is 9.47 Å². The molecule has 2 aromatic heterocycles. The number of hydrogen-bond acceptors (Lipinski definition) is 6. The maximum absolute atomic E-state index is 12.9. The summed E-state index contributed by atoms with van der Waals surface area (Å²) in [6.45, 7) is 2.16. The van der Waals surface area contributed by atoms with Gasteiger partial charge >= 0.3 is 0 Å². The number of aromatic nitrogens is 2. The van der Waals surface area contributed by atoms with Crippen molar-refractivity contribution in [2.75, 3.05) is 12.1 Å². The number of anilines is 2. The zero-order chi connectivity index (χ0) is 22.8. The van der Waals surface area contributed by atoms with Gasteiger partial charge in [-0.2, -0.15) is 0 Å². The first-order chi connectivity index (χ1) is 16.1. The number of aliphatic hydroxyl groups excluding tert-OH is 1. The van der Waals surface area contributed by atoms with Crippen molar-refractivity contribution < 1.29 is 19.4 Å². The lowest BCUT2D eigenvalue weighted by Gasteiger charge is -2.35. The van der Waals surface area contributed by atoms with Gasteiger partial charge in [-0.15, -0.1) is 0 Å². The summed E-state index contributed by atoms with van der Waals surface area (Å²) in [5, 5.41) is 16.7. The highest BCUT2D eigenvalue weighted by Crippen LogP contribution is 2.35. The Morgan fingerprint density at radius 2 is 2.09 bits per heavy atom. The molecule has 3 N–H and O–H groups in total.